The second kappa shape index (κ2) is 7.20. The van der Waals surface area contributed by atoms with Gasteiger partial charge in [-0.15, -0.1) is 0 Å². The van der Waals surface area contributed by atoms with E-state index in [1.807, 2.05) is 0 Å². The van der Waals surface area contributed by atoms with E-state index < -0.39 is 0 Å². The van der Waals surface area contributed by atoms with Gasteiger partial charge in [0.2, 0.25) is 0 Å². The van der Waals surface area contributed by atoms with Gasteiger partial charge in [0.05, 0.1) is 0 Å². The molecule has 0 aliphatic carbocycles. The predicted molar refractivity (Wildman–Crippen MR) is 82.5 cm³/mol. The van der Waals surface area contributed by atoms with Crippen molar-refractivity contribution in [1.29, 1.82) is 0 Å². The van der Waals surface area contributed by atoms with Crippen molar-refractivity contribution >= 4 is 11.8 Å². The first-order valence-corrected chi connectivity index (χ1v) is 8.23. The van der Waals surface area contributed by atoms with Gasteiger partial charge in [-0.25, -0.2) is 0 Å². The van der Waals surface area contributed by atoms with Crippen LogP contribution in [0.25, 0.3) is 0 Å². The maximum absolute atomic E-state index is 2.66. The molecule has 1 aliphatic heterocycles. The molecular weight excluding hydrogens is 238 g/mol. The highest BCUT2D eigenvalue weighted by atomic mass is 32.2. The molecule has 1 aromatic rings. The van der Waals surface area contributed by atoms with Crippen molar-refractivity contribution in [3.63, 3.8) is 0 Å². The van der Waals surface area contributed by atoms with Crippen molar-refractivity contribution in [2.45, 2.75) is 37.9 Å². The zero-order chi connectivity index (χ0) is 12.8. The summed E-state index contributed by atoms with van der Waals surface area (Å²) in [5.41, 5.74) is 1.50. The van der Waals surface area contributed by atoms with Crippen LogP contribution in [0.4, 0.5) is 0 Å². The fourth-order valence-corrected chi connectivity index (χ4v) is 3.67. The minimum Gasteiger partial charge on any atom is -0.302 e. The molecule has 1 saturated heterocycles. The van der Waals surface area contributed by atoms with E-state index in [1.165, 1.54) is 43.8 Å². The minimum atomic E-state index is 0.699. The molecule has 0 amide bonds. The maximum Gasteiger partial charge on any atom is 0.00727 e. The highest BCUT2D eigenvalue weighted by Gasteiger charge is 2.18. The lowest BCUT2D eigenvalue weighted by Gasteiger charge is -2.25. The van der Waals surface area contributed by atoms with Gasteiger partial charge in [-0.05, 0) is 30.9 Å². The predicted octanol–water partition coefficient (Wildman–Crippen LogP) is 4.01. The number of hydrogen-bond acceptors (Lipinski definition) is 2. The Bertz CT molecular complexity index is 338. The van der Waals surface area contributed by atoms with E-state index in [0.717, 1.165) is 5.25 Å². The van der Waals surface area contributed by atoms with E-state index in [1.54, 1.807) is 0 Å². The van der Waals surface area contributed by atoms with E-state index >= 15 is 0 Å². The Morgan fingerprint density at radius 3 is 2.78 bits per heavy atom. The number of thioether (sulfide) groups is 1. The third-order valence-corrected chi connectivity index (χ3v) is 5.13. The van der Waals surface area contributed by atoms with Gasteiger partial charge in [-0.2, -0.15) is 11.8 Å². The van der Waals surface area contributed by atoms with Crippen molar-refractivity contribution in [3.05, 3.63) is 35.9 Å². The lowest BCUT2D eigenvalue weighted by molar-refractivity contribution is 0.270. The molecular formula is C16H25NS. The molecule has 2 rings (SSSR count). The zero-order valence-corrected chi connectivity index (χ0v) is 12.5. The molecule has 2 heteroatoms. The van der Waals surface area contributed by atoms with Gasteiger partial charge in [-0.1, -0.05) is 44.2 Å². The second-order valence-electron chi connectivity index (χ2n) is 5.29. The SMILES string of the molecule is CCC(CN1CCSC(C)CC1)c1ccccc1. The fraction of sp³-hybridized carbons (Fsp3) is 0.625. The molecule has 0 bridgehead atoms. The molecule has 1 aromatic carbocycles. The first kappa shape index (κ1) is 14.0. The average molecular weight is 263 g/mol. The van der Waals surface area contributed by atoms with Crippen LogP contribution in [-0.4, -0.2) is 35.5 Å². The van der Waals surface area contributed by atoms with Crippen LogP contribution in [0.3, 0.4) is 0 Å². The molecule has 18 heavy (non-hydrogen) atoms. The van der Waals surface area contributed by atoms with Crippen molar-refractivity contribution in [2.24, 2.45) is 0 Å². The summed E-state index contributed by atoms with van der Waals surface area (Å²) in [6.45, 7) is 8.44. The highest BCUT2D eigenvalue weighted by Crippen LogP contribution is 2.24. The van der Waals surface area contributed by atoms with Crippen LogP contribution < -0.4 is 0 Å². The van der Waals surface area contributed by atoms with E-state index in [0.29, 0.717) is 5.92 Å². The molecule has 1 heterocycles. The normalized spacial score (nSPS) is 23.6. The van der Waals surface area contributed by atoms with Crippen molar-refractivity contribution in [3.8, 4) is 0 Å². The van der Waals surface area contributed by atoms with Crippen molar-refractivity contribution in [2.75, 3.05) is 25.4 Å². The summed E-state index contributed by atoms with van der Waals surface area (Å²) in [7, 11) is 0. The van der Waals surface area contributed by atoms with Crippen LogP contribution >= 0.6 is 11.8 Å². The van der Waals surface area contributed by atoms with Crippen molar-refractivity contribution < 1.29 is 0 Å². The van der Waals surface area contributed by atoms with Gasteiger partial charge in [0, 0.05) is 24.1 Å². The third kappa shape index (κ3) is 4.03. The Morgan fingerprint density at radius 1 is 1.28 bits per heavy atom. The molecule has 0 aromatic heterocycles. The quantitative estimate of drug-likeness (QED) is 0.807. The van der Waals surface area contributed by atoms with Gasteiger partial charge in [-0.3, -0.25) is 0 Å². The second-order valence-corrected chi connectivity index (χ2v) is 6.83. The number of benzene rings is 1. The van der Waals surface area contributed by atoms with E-state index in [4.69, 9.17) is 0 Å². The van der Waals surface area contributed by atoms with Gasteiger partial charge in [0.25, 0.3) is 0 Å². The van der Waals surface area contributed by atoms with E-state index in [9.17, 15) is 0 Å². The topological polar surface area (TPSA) is 3.24 Å². The van der Waals surface area contributed by atoms with Crippen LogP contribution in [0.1, 0.15) is 38.2 Å². The lowest BCUT2D eigenvalue weighted by atomic mass is 9.96. The van der Waals surface area contributed by atoms with Crippen molar-refractivity contribution in [1.82, 2.24) is 4.90 Å². The van der Waals surface area contributed by atoms with E-state index in [2.05, 4.69) is 60.8 Å². The molecule has 2 atom stereocenters. The largest absolute Gasteiger partial charge is 0.302 e. The average Bonchev–Trinajstić information content (AvgIpc) is 2.62. The molecule has 1 aliphatic rings. The minimum absolute atomic E-state index is 0.699. The summed E-state index contributed by atoms with van der Waals surface area (Å²) in [6.07, 6.45) is 2.58. The Morgan fingerprint density at radius 2 is 2.06 bits per heavy atom. The van der Waals surface area contributed by atoms with Crippen LogP contribution in [-0.2, 0) is 0 Å². The lowest BCUT2D eigenvalue weighted by Crippen LogP contribution is -2.30. The van der Waals surface area contributed by atoms with Gasteiger partial charge >= 0.3 is 0 Å². The van der Waals surface area contributed by atoms with Crippen LogP contribution in [0, 0.1) is 0 Å². The molecule has 0 spiro atoms. The Hall–Kier alpha value is -0.470. The summed E-state index contributed by atoms with van der Waals surface area (Å²) < 4.78 is 0. The summed E-state index contributed by atoms with van der Waals surface area (Å²) in [5, 5.41) is 0.840. The molecule has 100 valence electrons. The summed E-state index contributed by atoms with van der Waals surface area (Å²) in [6, 6.07) is 11.0. The van der Waals surface area contributed by atoms with E-state index in [-0.39, 0.29) is 0 Å². The molecule has 0 radical (unpaired) electrons. The first-order valence-electron chi connectivity index (χ1n) is 7.18. The Labute approximate surface area is 116 Å². The van der Waals surface area contributed by atoms with Crippen LogP contribution in [0.2, 0.25) is 0 Å². The third-order valence-electron chi connectivity index (χ3n) is 3.90. The zero-order valence-electron chi connectivity index (χ0n) is 11.6. The molecule has 1 fully saturated rings. The molecule has 2 unspecified atom stereocenters. The number of nitrogens with zero attached hydrogens (tertiary/aromatic N) is 1. The van der Waals surface area contributed by atoms with Crippen LogP contribution in [0.15, 0.2) is 30.3 Å². The Kier molecular flexibility index (Phi) is 5.58. The van der Waals surface area contributed by atoms with Crippen LogP contribution in [0.5, 0.6) is 0 Å². The van der Waals surface area contributed by atoms with Gasteiger partial charge in [0.1, 0.15) is 0 Å². The Balaban J connectivity index is 1.94. The maximum atomic E-state index is 2.66. The number of hydrogen-bond donors (Lipinski definition) is 0. The molecule has 0 N–H and O–H groups in total. The summed E-state index contributed by atoms with van der Waals surface area (Å²) in [4.78, 5) is 2.66. The standard InChI is InChI=1S/C16H25NS/c1-3-15(16-7-5-4-6-8-16)13-17-10-9-14(2)18-12-11-17/h4-8,14-15H,3,9-13H2,1-2H3. The number of rotatable bonds is 4. The van der Waals surface area contributed by atoms with Gasteiger partial charge < -0.3 is 4.90 Å². The van der Waals surface area contributed by atoms with Gasteiger partial charge in [0.15, 0.2) is 0 Å². The highest BCUT2D eigenvalue weighted by molar-refractivity contribution is 7.99. The fourth-order valence-electron chi connectivity index (χ4n) is 2.63. The summed E-state index contributed by atoms with van der Waals surface area (Å²) >= 11 is 2.13. The molecule has 1 nitrogen and oxygen atoms in total. The summed E-state index contributed by atoms with van der Waals surface area (Å²) in [5.74, 6) is 2.00. The monoisotopic (exact) mass is 263 g/mol. The molecule has 0 saturated carbocycles. The smallest absolute Gasteiger partial charge is 0.00727 e. The first-order chi connectivity index (χ1) is 8.79.